The molecule has 1 aromatic rings. The lowest BCUT2D eigenvalue weighted by atomic mass is 10.3. The average molecular weight is 291 g/mol. The van der Waals surface area contributed by atoms with Crippen molar-refractivity contribution in [2.24, 2.45) is 0 Å². The molecule has 16 heavy (non-hydrogen) atoms. The molecule has 0 unspecified atom stereocenters. The number of carbonyl (C=O) groups is 1. The molecule has 5 nitrogen and oxygen atoms in total. The smallest absolute Gasteiger partial charge is 0.315 e. The first-order valence-electron chi connectivity index (χ1n) is 5.01. The molecule has 0 saturated heterocycles. The van der Waals surface area contributed by atoms with Crippen molar-refractivity contribution in [3.8, 4) is 0 Å². The molecule has 1 atom stereocenters. The fourth-order valence-electron chi connectivity index (χ4n) is 1.11. The molecule has 0 saturated carbocycles. The topological polar surface area (TPSA) is 74.5 Å². The largest absolute Gasteiger partial charge is 0.454 e. The molecule has 0 bridgehead atoms. The van der Waals surface area contributed by atoms with Gasteiger partial charge >= 0.3 is 6.03 Å². The van der Waals surface area contributed by atoms with Gasteiger partial charge in [-0.2, -0.15) is 0 Å². The summed E-state index contributed by atoms with van der Waals surface area (Å²) in [5.41, 5.74) is 0. The third-order valence-electron chi connectivity index (χ3n) is 1.94. The van der Waals surface area contributed by atoms with Crippen LogP contribution < -0.4 is 10.6 Å². The second kappa shape index (κ2) is 6.55. The number of halogens is 1. The Hall–Kier alpha value is -1.01. The zero-order chi connectivity index (χ0) is 12.0. The van der Waals surface area contributed by atoms with Crippen LogP contribution in [-0.4, -0.2) is 30.3 Å². The Morgan fingerprint density at radius 2 is 2.38 bits per heavy atom. The highest BCUT2D eigenvalue weighted by atomic mass is 79.9. The van der Waals surface area contributed by atoms with Gasteiger partial charge in [0.2, 0.25) is 0 Å². The van der Waals surface area contributed by atoms with Crippen molar-refractivity contribution in [2.75, 3.05) is 13.2 Å². The molecule has 0 aliphatic rings. The third kappa shape index (κ3) is 4.67. The molecule has 2 amide bonds. The van der Waals surface area contributed by atoms with Gasteiger partial charge in [0.15, 0.2) is 4.67 Å². The number of urea groups is 1. The van der Waals surface area contributed by atoms with E-state index in [2.05, 4.69) is 26.6 Å². The van der Waals surface area contributed by atoms with E-state index in [0.717, 1.165) is 5.76 Å². The molecule has 1 aromatic heterocycles. The lowest BCUT2D eigenvalue weighted by molar-refractivity contribution is 0.220. The second-order valence-electron chi connectivity index (χ2n) is 3.44. The van der Waals surface area contributed by atoms with Crippen LogP contribution in [0.25, 0.3) is 0 Å². The van der Waals surface area contributed by atoms with Crippen molar-refractivity contribution in [3.05, 3.63) is 22.6 Å². The summed E-state index contributed by atoms with van der Waals surface area (Å²) in [6.07, 6.45) is 0.631. The Balaban J connectivity index is 2.18. The molecular weight excluding hydrogens is 276 g/mol. The molecule has 1 rings (SSSR count). The molecule has 0 fully saturated rings. The first kappa shape index (κ1) is 13.1. The Bertz CT molecular complexity index is 341. The third-order valence-corrected chi connectivity index (χ3v) is 2.36. The van der Waals surface area contributed by atoms with Gasteiger partial charge in [-0.05, 0) is 35.0 Å². The fourth-order valence-corrected chi connectivity index (χ4v) is 1.45. The number of rotatable bonds is 5. The highest BCUT2D eigenvalue weighted by Gasteiger charge is 2.05. The van der Waals surface area contributed by atoms with Crippen LogP contribution in [0.5, 0.6) is 0 Å². The summed E-state index contributed by atoms with van der Waals surface area (Å²) in [5.74, 6) is 0.808. The first-order chi connectivity index (χ1) is 7.61. The number of hydrogen-bond acceptors (Lipinski definition) is 3. The number of nitrogens with one attached hydrogen (secondary N) is 2. The van der Waals surface area contributed by atoms with Crippen molar-refractivity contribution in [1.29, 1.82) is 0 Å². The molecule has 0 radical (unpaired) electrons. The Morgan fingerprint density at radius 1 is 1.62 bits per heavy atom. The highest BCUT2D eigenvalue weighted by molar-refractivity contribution is 9.10. The van der Waals surface area contributed by atoms with Gasteiger partial charge in [-0.3, -0.25) is 0 Å². The maximum absolute atomic E-state index is 11.2. The molecule has 0 spiro atoms. The van der Waals surface area contributed by atoms with Gasteiger partial charge in [0.25, 0.3) is 0 Å². The minimum absolute atomic E-state index is 0.0709. The van der Waals surface area contributed by atoms with Gasteiger partial charge in [-0.15, -0.1) is 0 Å². The summed E-state index contributed by atoms with van der Waals surface area (Å²) < 4.78 is 5.95. The minimum atomic E-state index is -0.285. The van der Waals surface area contributed by atoms with Crippen LogP contribution >= 0.6 is 15.9 Å². The summed E-state index contributed by atoms with van der Waals surface area (Å²) >= 11 is 3.20. The van der Waals surface area contributed by atoms with Crippen LogP contribution in [0.4, 0.5) is 4.79 Å². The fraction of sp³-hybridized carbons (Fsp3) is 0.500. The van der Waals surface area contributed by atoms with Crippen LogP contribution in [0, 0.1) is 0 Å². The van der Waals surface area contributed by atoms with Gasteiger partial charge in [-0.1, -0.05) is 0 Å². The predicted octanol–water partition coefficient (Wildman–Crippen LogP) is 1.26. The Kier molecular flexibility index (Phi) is 5.34. The zero-order valence-corrected chi connectivity index (χ0v) is 10.6. The van der Waals surface area contributed by atoms with E-state index < -0.39 is 0 Å². The van der Waals surface area contributed by atoms with E-state index in [1.807, 2.05) is 12.1 Å². The second-order valence-corrected chi connectivity index (χ2v) is 4.22. The van der Waals surface area contributed by atoms with E-state index in [0.29, 0.717) is 17.6 Å². The van der Waals surface area contributed by atoms with E-state index >= 15 is 0 Å². The van der Waals surface area contributed by atoms with Crippen LogP contribution in [-0.2, 0) is 6.42 Å². The number of aliphatic hydroxyl groups is 1. The van der Waals surface area contributed by atoms with Gasteiger partial charge in [0, 0.05) is 13.0 Å². The maximum atomic E-state index is 11.2. The van der Waals surface area contributed by atoms with Gasteiger partial charge in [0.1, 0.15) is 5.76 Å². The summed E-state index contributed by atoms with van der Waals surface area (Å²) in [4.78, 5) is 11.2. The van der Waals surface area contributed by atoms with E-state index in [1.165, 1.54) is 0 Å². The van der Waals surface area contributed by atoms with Crippen molar-refractivity contribution in [2.45, 2.75) is 19.4 Å². The number of hydrogen-bond donors (Lipinski definition) is 3. The van der Waals surface area contributed by atoms with Crippen molar-refractivity contribution < 1.29 is 14.3 Å². The molecule has 90 valence electrons. The number of furan rings is 1. The summed E-state index contributed by atoms with van der Waals surface area (Å²) in [7, 11) is 0. The summed E-state index contributed by atoms with van der Waals surface area (Å²) in [6, 6.07) is 3.13. The maximum Gasteiger partial charge on any atom is 0.315 e. The van der Waals surface area contributed by atoms with Crippen LogP contribution in [0.1, 0.15) is 12.7 Å². The van der Waals surface area contributed by atoms with Crippen LogP contribution in [0.15, 0.2) is 21.2 Å². The van der Waals surface area contributed by atoms with Crippen molar-refractivity contribution >= 4 is 22.0 Å². The van der Waals surface area contributed by atoms with Gasteiger partial charge in [-0.25, -0.2) is 4.79 Å². The first-order valence-corrected chi connectivity index (χ1v) is 5.80. The Morgan fingerprint density at radius 3 is 2.94 bits per heavy atom. The SMILES string of the molecule is C[C@@H](CO)NC(=O)NCCc1ccc(Br)o1. The quantitative estimate of drug-likeness (QED) is 0.764. The standard InChI is InChI=1S/C10H15BrN2O3/c1-7(6-14)13-10(15)12-5-4-8-2-3-9(11)16-8/h2-3,7,14H,4-6H2,1H3,(H2,12,13,15)/t7-/m0/s1. The Labute approximate surface area is 102 Å². The van der Waals surface area contributed by atoms with Crippen LogP contribution in [0.2, 0.25) is 0 Å². The van der Waals surface area contributed by atoms with Crippen molar-refractivity contribution in [1.82, 2.24) is 10.6 Å². The predicted molar refractivity (Wildman–Crippen MR) is 63.2 cm³/mol. The van der Waals surface area contributed by atoms with Crippen molar-refractivity contribution in [3.63, 3.8) is 0 Å². The zero-order valence-electron chi connectivity index (χ0n) is 9.00. The average Bonchev–Trinajstić information content (AvgIpc) is 2.64. The summed E-state index contributed by atoms with van der Waals surface area (Å²) in [5, 5.41) is 14.0. The van der Waals surface area contributed by atoms with Crippen LogP contribution in [0.3, 0.4) is 0 Å². The molecular formula is C10H15BrN2O3. The van der Waals surface area contributed by atoms with E-state index in [1.54, 1.807) is 6.92 Å². The number of aliphatic hydroxyl groups excluding tert-OH is 1. The van der Waals surface area contributed by atoms with Gasteiger partial charge < -0.3 is 20.2 Å². The molecule has 6 heteroatoms. The monoisotopic (exact) mass is 290 g/mol. The lowest BCUT2D eigenvalue weighted by Gasteiger charge is -2.11. The minimum Gasteiger partial charge on any atom is -0.454 e. The van der Waals surface area contributed by atoms with Gasteiger partial charge in [0.05, 0.1) is 12.6 Å². The summed E-state index contributed by atoms with van der Waals surface area (Å²) in [6.45, 7) is 2.14. The molecule has 0 aliphatic carbocycles. The highest BCUT2D eigenvalue weighted by Crippen LogP contribution is 2.13. The lowest BCUT2D eigenvalue weighted by Crippen LogP contribution is -2.42. The molecule has 0 aliphatic heterocycles. The number of amides is 2. The van der Waals surface area contributed by atoms with E-state index in [9.17, 15) is 4.79 Å². The van der Waals surface area contributed by atoms with E-state index in [4.69, 9.17) is 9.52 Å². The molecule has 3 N–H and O–H groups in total. The number of carbonyl (C=O) groups excluding carboxylic acids is 1. The van der Waals surface area contributed by atoms with E-state index in [-0.39, 0.29) is 18.7 Å². The normalized spacial score (nSPS) is 12.2. The molecule has 0 aromatic carbocycles. The molecule has 1 heterocycles.